The second-order valence-electron chi connectivity index (χ2n) is 5.24. The first kappa shape index (κ1) is 13.9. The van der Waals surface area contributed by atoms with Gasteiger partial charge in [-0.05, 0) is 50.8 Å². The van der Waals surface area contributed by atoms with Gasteiger partial charge in [0.1, 0.15) is 0 Å². The van der Waals surface area contributed by atoms with Gasteiger partial charge in [-0.25, -0.2) is 0 Å². The van der Waals surface area contributed by atoms with Gasteiger partial charge in [0.15, 0.2) is 0 Å². The predicted molar refractivity (Wildman–Crippen MR) is 76.2 cm³/mol. The molecule has 4 nitrogen and oxygen atoms in total. The normalized spacial score (nSPS) is 21.8. The maximum Gasteiger partial charge on any atom is 0.251 e. The number of benzene rings is 1. The van der Waals surface area contributed by atoms with Crippen molar-refractivity contribution in [1.82, 2.24) is 5.32 Å². The van der Waals surface area contributed by atoms with Crippen LogP contribution in [0.3, 0.4) is 0 Å². The third-order valence-electron chi connectivity index (χ3n) is 3.69. The SMILES string of the molecule is CCOC1CC(NC(=O)c2cc(N)c(C)cc2C)C1. The average molecular weight is 262 g/mol. The van der Waals surface area contributed by atoms with Crippen molar-refractivity contribution in [3.8, 4) is 0 Å². The van der Waals surface area contributed by atoms with Crippen molar-refractivity contribution in [3.63, 3.8) is 0 Å². The molecule has 0 atom stereocenters. The van der Waals surface area contributed by atoms with E-state index in [9.17, 15) is 4.79 Å². The molecular formula is C15H22N2O2. The Morgan fingerprint density at radius 2 is 2.05 bits per heavy atom. The monoisotopic (exact) mass is 262 g/mol. The number of nitrogen functional groups attached to an aromatic ring is 1. The first-order chi connectivity index (χ1) is 9.01. The molecule has 19 heavy (non-hydrogen) atoms. The number of carbonyl (C=O) groups excluding carboxylic acids is 1. The van der Waals surface area contributed by atoms with Gasteiger partial charge >= 0.3 is 0 Å². The van der Waals surface area contributed by atoms with E-state index in [1.165, 1.54) is 0 Å². The smallest absolute Gasteiger partial charge is 0.251 e. The lowest BCUT2D eigenvalue weighted by molar-refractivity contribution is -0.00862. The number of aryl methyl sites for hydroxylation is 2. The van der Waals surface area contributed by atoms with E-state index in [0.717, 1.165) is 30.6 Å². The van der Waals surface area contributed by atoms with Crippen LogP contribution in [-0.2, 0) is 4.74 Å². The fourth-order valence-electron chi connectivity index (χ4n) is 2.43. The van der Waals surface area contributed by atoms with Crippen LogP contribution in [0.5, 0.6) is 0 Å². The molecule has 1 saturated carbocycles. The van der Waals surface area contributed by atoms with Gasteiger partial charge in [0.05, 0.1) is 6.10 Å². The second-order valence-corrected chi connectivity index (χ2v) is 5.24. The summed E-state index contributed by atoms with van der Waals surface area (Å²) in [6.07, 6.45) is 2.11. The second kappa shape index (κ2) is 5.61. The Bertz CT molecular complexity index is 479. The van der Waals surface area contributed by atoms with E-state index < -0.39 is 0 Å². The summed E-state index contributed by atoms with van der Waals surface area (Å²) in [5.41, 5.74) is 9.17. The van der Waals surface area contributed by atoms with Crippen LogP contribution in [0.1, 0.15) is 41.3 Å². The Morgan fingerprint density at radius 1 is 1.37 bits per heavy atom. The molecule has 0 heterocycles. The molecule has 0 bridgehead atoms. The Morgan fingerprint density at radius 3 is 2.68 bits per heavy atom. The molecule has 0 aromatic heterocycles. The van der Waals surface area contributed by atoms with Gasteiger partial charge in [0, 0.05) is 23.9 Å². The van der Waals surface area contributed by atoms with E-state index in [1.54, 1.807) is 6.07 Å². The first-order valence-electron chi connectivity index (χ1n) is 6.80. The Kier molecular flexibility index (Phi) is 4.10. The van der Waals surface area contributed by atoms with Gasteiger partial charge in [0.25, 0.3) is 5.91 Å². The average Bonchev–Trinajstić information content (AvgIpc) is 2.31. The van der Waals surface area contributed by atoms with E-state index in [2.05, 4.69) is 5.32 Å². The van der Waals surface area contributed by atoms with Crippen LogP contribution in [0.4, 0.5) is 5.69 Å². The topological polar surface area (TPSA) is 64.3 Å². The maximum atomic E-state index is 12.2. The molecule has 2 rings (SSSR count). The number of hydrogen-bond acceptors (Lipinski definition) is 3. The molecule has 1 aromatic carbocycles. The zero-order valence-corrected chi connectivity index (χ0v) is 11.8. The molecule has 0 aliphatic heterocycles. The van der Waals surface area contributed by atoms with Gasteiger partial charge in [-0.3, -0.25) is 4.79 Å². The molecule has 1 amide bonds. The number of anilines is 1. The van der Waals surface area contributed by atoms with Crippen molar-refractivity contribution in [3.05, 3.63) is 28.8 Å². The maximum absolute atomic E-state index is 12.2. The van der Waals surface area contributed by atoms with Crippen molar-refractivity contribution < 1.29 is 9.53 Å². The molecule has 104 valence electrons. The van der Waals surface area contributed by atoms with Crippen molar-refractivity contribution in [2.24, 2.45) is 0 Å². The molecule has 0 unspecified atom stereocenters. The van der Waals surface area contributed by atoms with Gasteiger partial charge in [0.2, 0.25) is 0 Å². The highest BCUT2D eigenvalue weighted by Gasteiger charge is 2.31. The number of nitrogens with one attached hydrogen (secondary N) is 1. The number of nitrogens with two attached hydrogens (primary N) is 1. The van der Waals surface area contributed by atoms with Crippen LogP contribution in [0.15, 0.2) is 12.1 Å². The highest BCUT2D eigenvalue weighted by Crippen LogP contribution is 2.24. The van der Waals surface area contributed by atoms with Gasteiger partial charge < -0.3 is 15.8 Å². The lowest BCUT2D eigenvalue weighted by Crippen LogP contribution is -2.47. The highest BCUT2D eigenvalue weighted by molar-refractivity contribution is 5.97. The summed E-state index contributed by atoms with van der Waals surface area (Å²) in [5, 5.41) is 3.03. The Hall–Kier alpha value is -1.55. The predicted octanol–water partition coefficient (Wildman–Crippen LogP) is 2.18. The molecule has 1 aliphatic carbocycles. The quantitative estimate of drug-likeness (QED) is 0.817. The molecule has 1 aliphatic rings. The summed E-state index contributed by atoms with van der Waals surface area (Å²) in [6, 6.07) is 3.94. The van der Waals surface area contributed by atoms with Crippen molar-refractivity contribution in [2.75, 3.05) is 12.3 Å². The summed E-state index contributed by atoms with van der Waals surface area (Å²) < 4.78 is 5.48. The molecule has 1 fully saturated rings. The van der Waals surface area contributed by atoms with Crippen LogP contribution >= 0.6 is 0 Å². The highest BCUT2D eigenvalue weighted by atomic mass is 16.5. The fourth-order valence-corrected chi connectivity index (χ4v) is 2.43. The molecule has 4 heteroatoms. The number of rotatable bonds is 4. The molecule has 1 aromatic rings. The van der Waals surface area contributed by atoms with Crippen LogP contribution in [0.2, 0.25) is 0 Å². The standard InChI is InChI=1S/C15H22N2O2/c1-4-19-12-6-11(7-12)17-15(18)13-8-14(16)10(3)5-9(13)2/h5,8,11-12H,4,6-7,16H2,1-3H3,(H,17,18). The number of carbonyl (C=O) groups is 1. The number of amides is 1. The largest absolute Gasteiger partial charge is 0.398 e. The third kappa shape index (κ3) is 3.07. The lowest BCUT2D eigenvalue weighted by atomic mass is 9.89. The minimum atomic E-state index is -0.0378. The molecule has 0 radical (unpaired) electrons. The van der Waals surface area contributed by atoms with Gasteiger partial charge in [-0.2, -0.15) is 0 Å². The van der Waals surface area contributed by atoms with Crippen molar-refractivity contribution >= 4 is 11.6 Å². The van der Waals surface area contributed by atoms with E-state index in [4.69, 9.17) is 10.5 Å². The van der Waals surface area contributed by atoms with E-state index in [0.29, 0.717) is 17.4 Å². The minimum Gasteiger partial charge on any atom is -0.398 e. The van der Waals surface area contributed by atoms with E-state index >= 15 is 0 Å². The molecule has 0 saturated heterocycles. The molecular weight excluding hydrogens is 240 g/mol. The summed E-state index contributed by atoms with van der Waals surface area (Å²) in [6.45, 7) is 6.61. The number of ether oxygens (including phenoxy) is 1. The van der Waals surface area contributed by atoms with Crippen molar-refractivity contribution in [1.29, 1.82) is 0 Å². The zero-order chi connectivity index (χ0) is 14.0. The number of hydrogen-bond donors (Lipinski definition) is 2. The minimum absolute atomic E-state index is 0.0378. The van der Waals surface area contributed by atoms with Crippen LogP contribution in [-0.4, -0.2) is 24.7 Å². The van der Waals surface area contributed by atoms with Gasteiger partial charge in [-0.1, -0.05) is 6.07 Å². The summed E-state index contributed by atoms with van der Waals surface area (Å²) in [5.74, 6) is -0.0378. The summed E-state index contributed by atoms with van der Waals surface area (Å²) in [4.78, 5) is 12.2. The van der Waals surface area contributed by atoms with Crippen molar-refractivity contribution in [2.45, 2.75) is 45.8 Å². The molecule has 0 spiro atoms. The summed E-state index contributed by atoms with van der Waals surface area (Å²) >= 11 is 0. The fraction of sp³-hybridized carbons (Fsp3) is 0.533. The Balaban J connectivity index is 1.96. The van der Waals surface area contributed by atoms with Gasteiger partial charge in [-0.15, -0.1) is 0 Å². The van der Waals surface area contributed by atoms with E-state index in [-0.39, 0.29) is 11.9 Å². The Labute approximate surface area is 114 Å². The third-order valence-corrected chi connectivity index (χ3v) is 3.69. The first-order valence-corrected chi connectivity index (χ1v) is 6.80. The summed E-state index contributed by atoms with van der Waals surface area (Å²) in [7, 11) is 0. The lowest BCUT2D eigenvalue weighted by Gasteiger charge is -2.35. The van der Waals surface area contributed by atoms with Crippen LogP contribution in [0.25, 0.3) is 0 Å². The zero-order valence-electron chi connectivity index (χ0n) is 11.8. The molecule has 3 N–H and O–H groups in total. The van der Waals surface area contributed by atoms with Crippen LogP contribution < -0.4 is 11.1 Å². The van der Waals surface area contributed by atoms with Crippen LogP contribution in [0, 0.1) is 13.8 Å². The van der Waals surface area contributed by atoms with E-state index in [1.807, 2.05) is 26.8 Å².